The molecule has 2 fully saturated rings. The zero-order valence-electron chi connectivity index (χ0n) is 10.9. The van der Waals surface area contributed by atoms with Crippen LogP contribution in [0, 0.1) is 0 Å². The maximum atomic E-state index is 5.92. The van der Waals surface area contributed by atoms with Gasteiger partial charge in [0.25, 0.3) is 0 Å². The molecule has 100 valence electrons. The van der Waals surface area contributed by atoms with Crippen LogP contribution in [0.5, 0.6) is 0 Å². The van der Waals surface area contributed by atoms with E-state index in [1.807, 2.05) is 0 Å². The van der Waals surface area contributed by atoms with E-state index in [9.17, 15) is 0 Å². The summed E-state index contributed by atoms with van der Waals surface area (Å²) in [7, 11) is 0. The van der Waals surface area contributed by atoms with E-state index in [4.69, 9.17) is 15.2 Å². The number of hydrogen-bond acceptors (Lipinski definition) is 4. The van der Waals surface area contributed by atoms with Gasteiger partial charge in [-0.1, -0.05) is 0 Å². The van der Waals surface area contributed by atoms with Crippen LogP contribution in [-0.2, 0) is 9.47 Å². The van der Waals surface area contributed by atoms with E-state index in [2.05, 4.69) is 11.8 Å². The Morgan fingerprint density at radius 1 is 1.35 bits per heavy atom. The van der Waals surface area contributed by atoms with Crippen molar-refractivity contribution in [2.24, 2.45) is 5.73 Å². The minimum Gasteiger partial charge on any atom is -0.378 e. The van der Waals surface area contributed by atoms with Crippen molar-refractivity contribution in [3.05, 3.63) is 0 Å². The lowest BCUT2D eigenvalue weighted by atomic mass is 10.0. The number of likely N-dealkylation sites (tertiary alicyclic amines) is 1. The first-order valence-corrected chi connectivity index (χ1v) is 7.02. The van der Waals surface area contributed by atoms with Crippen LogP contribution in [0.15, 0.2) is 0 Å². The van der Waals surface area contributed by atoms with Crippen molar-refractivity contribution in [1.29, 1.82) is 0 Å². The van der Waals surface area contributed by atoms with Gasteiger partial charge in [-0.15, -0.1) is 0 Å². The molecule has 0 spiro atoms. The van der Waals surface area contributed by atoms with Crippen LogP contribution >= 0.6 is 0 Å². The molecule has 4 heteroatoms. The first-order valence-electron chi connectivity index (χ1n) is 7.02. The van der Waals surface area contributed by atoms with Gasteiger partial charge in [0.05, 0.1) is 12.2 Å². The Kier molecular flexibility index (Phi) is 5.22. The van der Waals surface area contributed by atoms with E-state index in [0.717, 1.165) is 39.1 Å². The van der Waals surface area contributed by atoms with E-state index in [1.165, 1.54) is 12.8 Å². The van der Waals surface area contributed by atoms with Crippen molar-refractivity contribution in [2.75, 3.05) is 32.8 Å². The van der Waals surface area contributed by atoms with Crippen LogP contribution in [-0.4, -0.2) is 56.0 Å². The second kappa shape index (κ2) is 6.69. The van der Waals surface area contributed by atoms with Crippen molar-refractivity contribution < 1.29 is 9.47 Å². The second-order valence-corrected chi connectivity index (χ2v) is 5.05. The van der Waals surface area contributed by atoms with Gasteiger partial charge >= 0.3 is 0 Å². The van der Waals surface area contributed by atoms with Crippen molar-refractivity contribution in [1.82, 2.24) is 4.90 Å². The molecule has 2 atom stereocenters. The smallest absolute Gasteiger partial charge is 0.0743 e. The fourth-order valence-electron chi connectivity index (χ4n) is 3.05. The Morgan fingerprint density at radius 2 is 2.12 bits per heavy atom. The molecule has 0 aromatic heterocycles. The lowest BCUT2D eigenvalue weighted by Crippen LogP contribution is -2.52. The molecule has 0 bridgehead atoms. The summed E-state index contributed by atoms with van der Waals surface area (Å²) in [6, 6.07) is 0.417. The van der Waals surface area contributed by atoms with Crippen LogP contribution in [0.25, 0.3) is 0 Å². The summed E-state index contributed by atoms with van der Waals surface area (Å²) in [6.07, 6.45) is 5.46. The molecule has 0 aliphatic carbocycles. The summed E-state index contributed by atoms with van der Waals surface area (Å²) < 4.78 is 11.5. The summed E-state index contributed by atoms with van der Waals surface area (Å²) in [5.41, 5.74) is 5.92. The van der Waals surface area contributed by atoms with E-state index < -0.39 is 0 Å². The van der Waals surface area contributed by atoms with Crippen LogP contribution in [0.3, 0.4) is 0 Å². The fraction of sp³-hybridized carbons (Fsp3) is 1.00. The molecule has 2 heterocycles. The first-order chi connectivity index (χ1) is 8.35. The van der Waals surface area contributed by atoms with Gasteiger partial charge in [0, 0.05) is 38.9 Å². The molecule has 2 aliphatic heterocycles. The van der Waals surface area contributed by atoms with E-state index in [1.54, 1.807) is 0 Å². The molecule has 0 radical (unpaired) electrons. The van der Waals surface area contributed by atoms with Gasteiger partial charge in [-0.3, -0.25) is 4.90 Å². The fourth-order valence-corrected chi connectivity index (χ4v) is 3.05. The first kappa shape index (κ1) is 13.3. The highest BCUT2D eigenvalue weighted by molar-refractivity contribution is 4.86. The molecule has 0 saturated carbocycles. The van der Waals surface area contributed by atoms with Crippen LogP contribution in [0.1, 0.15) is 32.6 Å². The van der Waals surface area contributed by atoms with Crippen LogP contribution < -0.4 is 5.73 Å². The molecule has 0 amide bonds. The zero-order chi connectivity index (χ0) is 12.1. The molecule has 4 nitrogen and oxygen atoms in total. The highest BCUT2D eigenvalue weighted by Crippen LogP contribution is 2.23. The maximum absolute atomic E-state index is 5.92. The normalized spacial score (nSPS) is 29.6. The number of rotatable bonds is 5. The molecule has 17 heavy (non-hydrogen) atoms. The zero-order valence-corrected chi connectivity index (χ0v) is 10.9. The highest BCUT2D eigenvalue weighted by atomic mass is 16.5. The lowest BCUT2D eigenvalue weighted by Gasteiger charge is -2.39. The molecular weight excluding hydrogens is 216 g/mol. The maximum Gasteiger partial charge on any atom is 0.0743 e. The Hall–Kier alpha value is -0.160. The minimum absolute atomic E-state index is 0.364. The summed E-state index contributed by atoms with van der Waals surface area (Å²) >= 11 is 0. The number of piperidine rings is 1. The summed E-state index contributed by atoms with van der Waals surface area (Å²) in [5.74, 6) is 0. The number of hydrogen-bond donors (Lipinski definition) is 1. The lowest BCUT2D eigenvalue weighted by molar-refractivity contribution is -0.0243. The Morgan fingerprint density at radius 3 is 2.65 bits per heavy atom. The molecule has 0 aromatic carbocycles. The summed E-state index contributed by atoms with van der Waals surface area (Å²) in [5, 5.41) is 0. The minimum atomic E-state index is 0.364. The predicted octanol–water partition coefficient (Wildman–Crippen LogP) is 0.994. The van der Waals surface area contributed by atoms with Crippen molar-refractivity contribution in [3.63, 3.8) is 0 Å². The van der Waals surface area contributed by atoms with Gasteiger partial charge in [0.2, 0.25) is 0 Å². The summed E-state index contributed by atoms with van der Waals surface area (Å²) in [4.78, 5) is 2.51. The van der Waals surface area contributed by atoms with E-state index in [-0.39, 0.29) is 0 Å². The van der Waals surface area contributed by atoms with Crippen molar-refractivity contribution in [3.8, 4) is 0 Å². The molecule has 2 unspecified atom stereocenters. The Balaban J connectivity index is 1.81. The topological polar surface area (TPSA) is 47.7 Å². The molecule has 2 N–H and O–H groups in total. The van der Waals surface area contributed by atoms with Crippen molar-refractivity contribution in [2.45, 2.75) is 50.9 Å². The van der Waals surface area contributed by atoms with Gasteiger partial charge in [-0.2, -0.15) is 0 Å². The van der Waals surface area contributed by atoms with Crippen LogP contribution in [0.4, 0.5) is 0 Å². The summed E-state index contributed by atoms with van der Waals surface area (Å²) in [6.45, 7) is 6.73. The SMILES string of the molecule is CCOC1CCN(C(CN)C2CCCO2)CC1. The largest absolute Gasteiger partial charge is 0.378 e. The molecular formula is C13H26N2O2. The standard InChI is InChI=1S/C13H26N2O2/c1-2-16-11-5-7-15(8-6-11)12(10-14)13-4-3-9-17-13/h11-13H,2-10,14H2,1H3. The number of ether oxygens (including phenoxy) is 2. The second-order valence-electron chi connectivity index (χ2n) is 5.05. The number of nitrogens with two attached hydrogens (primary N) is 1. The molecule has 2 rings (SSSR count). The Labute approximate surface area is 104 Å². The van der Waals surface area contributed by atoms with Gasteiger partial charge in [-0.25, -0.2) is 0 Å². The van der Waals surface area contributed by atoms with Crippen molar-refractivity contribution >= 4 is 0 Å². The third-order valence-corrected chi connectivity index (χ3v) is 3.98. The monoisotopic (exact) mass is 242 g/mol. The number of nitrogens with zero attached hydrogens (tertiary/aromatic N) is 1. The molecule has 2 aliphatic rings. The average Bonchev–Trinajstić information content (AvgIpc) is 2.86. The van der Waals surface area contributed by atoms with E-state index in [0.29, 0.717) is 24.8 Å². The van der Waals surface area contributed by atoms with Gasteiger partial charge < -0.3 is 15.2 Å². The van der Waals surface area contributed by atoms with Crippen LogP contribution in [0.2, 0.25) is 0 Å². The third-order valence-electron chi connectivity index (χ3n) is 3.98. The van der Waals surface area contributed by atoms with Gasteiger partial charge in [-0.05, 0) is 32.6 Å². The molecule has 2 saturated heterocycles. The highest BCUT2D eigenvalue weighted by Gasteiger charge is 2.32. The third kappa shape index (κ3) is 3.41. The Bertz CT molecular complexity index is 211. The van der Waals surface area contributed by atoms with Gasteiger partial charge in [0.1, 0.15) is 0 Å². The average molecular weight is 242 g/mol. The molecule has 0 aromatic rings. The van der Waals surface area contributed by atoms with Gasteiger partial charge in [0.15, 0.2) is 0 Å². The predicted molar refractivity (Wildman–Crippen MR) is 68.0 cm³/mol. The quantitative estimate of drug-likeness (QED) is 0.781. The van der Waals surface area contributed by atoms with E-state index >= 15 is 0 Å².